The topological polar surface area (TPSA) is 49.3 Å². The lowest BCUT2D eigenvalue weighted by Crippen LogP contribution is -2.15. The Morgan fingerprint density at radius 2 is 2.12 bits per heavy atom. The first-order valence-electron chi connectivity index (χ1n) is 5.36. The molecule has 0 aliphatic carbocycles. The first-order chi connectivity index (χ1) is 8.11. The van der Waals surface area contributed by atoms with Crippen molar-refractivity contribution in [2.45, 2.75) is 6.92 Å². The molecular weight excluding hydrogens is 302 g/mol. The van der Waals surface area contributed by atoms with Crippen molar-refractivity contribution in [2.24, 2.45) is 5.92 Å². The van der Waals surface area contributed by atoms with Crippen LogP contribution >= 0.6 is 27.7 Å². The summed E-state index contributed by atoms with van der Waals surface area (Å²) in [5.41, 5.74) is 0.800. The van der Waals surface area contributed by atoms with Crippen LogP contribution in [0.3, 0.4) is 0 Å². The molecule has 1 aromatic rings. The van der Waals surface area contributed by atoms with E-state index in [0.29, 0.717) is 5.75 Å². The average molecular weight is 318 g/mol. The summed E-state index contributed by atoms with van der Waals surface area (Å²) in [5.74, 6) is 1.44. The van der Waals surface area contributed by atoms with E-state index >= 15 is 0 Å². The fourth-order valence-electron chi connectivity index (χ4n) is 1.14. The zero-order valence-electron chi connectivity index (χ0n) is 9.65. The molecule has 0 fully saturated rings. The number of hydrogen-bond donors (Lipinski definition) is 2. The highest BCUT2D eigenvalue weighted by Gasteiger charge is 2.05. The molecule has 0 aromatic heterocycles. The monoisotopic (exact) mass is 317 g/mol. The van der Waals surface area contributed by atoms with Crippen LogP contribution in [0.25, 0.3) is 0 Å². The first kappa shape index (κ1) is 14.5. The predicted molar refractivity (Wildman–Crippen MR) is 76.3 cm³/mol. The summed E-state index contributed by atoms with van der Waals surface area (Å²) in [6.45, 7) is 2.13. The van der Waals surface area contributed by atoms with Gasteiger partial charge in [-0.3, -0.25) is 4.79 Å². The summed E-state index contributed by atoms with van der Waals surface area (Å²) in [6, 6.07) is 7.47. The molecule has 0 aliphatic rings. The van der Waals surface area contributed by atoms with Gasteiger partial charge in [0.15, 0.2) is 0 Å². The summed E-state index contributed by atoms with van der Waals surface area (Å²) >= 11 is 4.87. The maximum absolute atomic E-state index is 11.6. The average Bonchev–Trinajstić information content (AvgIpc) is 2.32. The summed E-state index contributed by atoms with van der Waals surface area (Å²) in [5, 5.41) is 11.7. The maximum atomic E-state index is 11.6. The largest absolute Gasteiger partial charge is 0.396 e. The predicted octanol–water partition coefficient (Wildman–Crippen LogP) is 2.75. The molecule has 0 saturated carbocycles. The molecular formula is C12H16BrNO2S. The van der Waals surface area contributed by atoms with Crippen molar-refractivity contribution in [3.8, 4) is 0 Å². The molecule has 0 radical (unpaired) electrons. The van der Waals surface area contributed by atoms with Crippen LogP contribution in [0.2, 0.25) is 0 Å². The van der Waals surface area contributed by atoms with E-state index in [1.807, 2.05) is 31.2 Å². The van der Waals surface area contributed by atoms with Crippen LogP contribution in [-0.2, 0) is 4.79 Å². The van der Waals surface area contributed by atoms with Gasteiger partial charge in [-0.25, -0.2) is 0 Å². The molecule has 2 N–H and O–H groups in total. The standard InChI is InChI=1S/C12H16BrNO2S/c1-9(6-15)7-17-8-12(16)14-11-4-2-10(13)3-5-11/h2-5,9,15H,6-8H2,1H3,(H,14,16). The van der Waals surface area contributed by atoms with Crippen LogP contribution in [-0.4, -0.2) is 29.1 Å². The Kier molecular flexibility index (Phi) is 6.62. The number of benzene rings is 1. The first-order valence-corrected chi connectivity index (χ1v) is 7.30. The van der Waals surface area contributed by atoms with Crippen LogP contribution in [0.5, 0.6) is 0 Å². The Morgan fingerprint density at radius 3 is 2.71 bits per heavy atom. The van der Waals surface area contributed by atoms with Gasteiger partial charge in [0.25, 0.3) is 0 Å². The second-order valence-corrected chi connectivity index (χ2v) is 5.80. The van der Waals surface area contributed by atoms with Gasteiger partial charge in [-0.1, -0.05) is 22.9 Å². The van der Waals surface area contributed by atoms with Crippen molar-refractivity contribution in [1.82, 2.24) is 0 Å². The third-order valence-electron chi connectivity index (χ3n) is 2.08. The summed E-state index contributed by atoms with van der Waals surface area (Å²) < 4.78 is 0.988. The van der Waals surface area contributed by atoms with Gasteiger partial charge >= 0.3 is 0 Å². The zero-order valence-corrected chi connectivity index (χ0v) is 12.1. The van der Waals surface area contributed by atoms with E-state index < -0.39 is 0 Å². The Balaban J connectivity index is 2.27. The number of anilines is 1. The van der Waals surface area contributed by atoms with Gasteiger partial charge in [-0.2, -0.15) is 11.8 Å². The number of halogens is 1. The molecule has 3 nitrogen and oxygen atoms in total. The maximum Gasteiger partial charge on any atom is 0.234 e. The van der Waals surface area contributed by atoms with Gasteiger partial charge in [-0.05, 0) is 35.9 Å². The van der Waals surface area contributed by atoms with Crippen LogP contribution in [0.15, 0.2) is 28.7 Å². The number of aliphatic hydroxyl groups excluding tert-OH is 1. The molecule has 1 aromatic carbocycles. The molecule has 0 bridgehead atoms. The van der Waals surface area contributed by atoms with E-state index in [4.69, 9.17) is 5.11 Å². The van der Waals surface area contributed by atoms with Crippen LogP contribution in [0.4, 0.5) is 5.69 Å². The highest BCUT2D eigenvalue weighted by molar-refractivity contribution is 9.10. The Morgan fingerprint density at radius 1 is 1.47 bits per heavy atom. The second-order valence-electron chi connectivity index (χ2n) is 3.86. The van der Waals surface area contributed by atoms with Gasteiger partial charge < -0.3 is 10.4 Å². The summed E-state index contributed by atoms with van der Waals surface area (Å²) in [7, 11) is 0. The van der Waals surface area contributed by atoms with Crippen molar-refractivity contribution in [1.29, 1.82) is 0 Å². The molecule has 1 unspecified atom stereocenters. The van der Waals surface area contributed by atoms with Crippen LogP contribution in [0.1, 0.15) is 6.92 Å². The highest BCUT2D eigenvalue weighted by atomic mass is 79.9. The molecule has 0 heterocycles. The second kappa shape index (κ2) is 7.74. The Labute approximate surface area is 114 Å². The fraction of sp³-hybridized carbons (Fsp3) is 0.417. The van der Waals surface area contributed by atoms with Gasteiger partial charge in [-0.15, -0.1) is 0 Å². The van der Waals surface area contributed by atoms with Gasteiger partial charge in [0.1, 0.15) is 0 Å². The van der Waals surface area contributed by atoms with Gasteiger partial charge in [0.2, 0.25) is 5.91 Å². The number of amides is 1. The quantitative estimate of drug-likeness (QED) is 0.848. The molecule has 1 amide bonds. The summed E-state index contributed by atoms with van der Waals surface area (Å²) in [6.07, 6.45) is 0. The molecule has 17 heavy (non-hydrogen) atoms. The van der Waals surface area contributed by atoms with Crippen molar-refractivity contribution in [2.75, 3.05) is 23.4 Å². The van der Waals surface area contributed by atoms with E-state index in [1.54, 1.807) is 0 Å². The lowest BCUT2D eigenvalue weighted by Gasteiger charge is -2.08. The van der Waals surface area contributed by atoms with E-state index in [-0.39, 0.29) is 18.4 Å². The molecule has 1 rings (SSSR count). The van der Waals surface area contributed by atoms with Gasteiger partial charge in [0.05, 0.1) is 5.75 Å². The number of carbonyl (C=O) groups is 1. The minimum atomic E-state index is -0.0116. The number of rotatable bonds is 6. The van der Waals surface area contributed by atoms with Crippen LogP contribution in [0, 0.1) is 5.92 Å². The fourth-order valence-corrected chi connectivity index (χ4v) is 2.28. The van der Waals surface area contributed by atoms with E-state index in [2.05, 4.69) is 21.2 Å². The van der Waals surface area contributed by atoms with Crippen molar-refractivity contribution < 1.29 is 9.90 Å². The van der Waals surface area contributed by atoms with Crippen LogP contribution < -0.4 is 5.32 Å². The smallest absolute Gasteiger partial charge is 0.234 e. The Hall–Kier alpha value is -0.520. The molecule has 5 heteroatoms. The van der Waals surface area contributed by atoms with E-state index in [9.17, 15) is 4.79 Å². The highest BCUT2D eigenvalue weighted by Crippen LogP contribution is 2.15. The lowest BCUT2D eigenvalue weighted by atomic mass is 10.2. The lowest BCUT2D eigenvalue weighted by molar-refractivity contribution is -0.113. The molecule has 0 aliphatic heterocycles. The van der Waals surface area contributed by atoms with Crippen molar-refractivity contribution >= 4 is 39.3 Å². The molecule has 0 saturated heterocycles. The van der Waals surface area contributed by atoms with E-state index in [0.717, 1.165) is 15.9 Å². The number of aliphatic hydroxyl groups is 1. The Bertz CT molecular complexity index is 356. The SMILES string of the molecule is CC(CO)CSCC(=O)Nc1ccc(Br)cc1. The zero-order chi connectivity index (χ0) is 12.7. The minimum Gasteiger partial charge on any atom is -0.396 e. The third-order valence-corrected chi connectivity index (χ3v) is 3.87. The van der Waals surface area contributed by atoms with Gasteiger partial charge in [0, 0.05) is 16.8 Å². The molecule has 94 valence electrons. The normalized spacial score (nSPS) is 12.2. The minimum absolute atomic E-state index is 0.0116. The third kappa shape index (κ3) is 6.10. The number of thioether (sulfide) groups is 1. The number of nitrogens with one attached hydrogen (secondary N) is 1. The van der Waals surface area contributed by atoms with Crippen molar-refractivity contribution in [3.05, 3.63) is 28.7 Å². The molecule has 0 spiro atoms. The number of hydrogen-bond acceptors (Lipinski definition) is 3. The molecule has 1 atom stereocenters. The number of carbonyl (C=O) groups excluding carboxylic acids is 1. The summed E-state index contributed by atoms with van der Waals surface area (Å²) in [4.78, 5) is 11.6. The van der Waals surface area contributed by atoms with E-state index in [1.165, 1.54) is 11.8 Å². The van der Waals surface area contributed by atoms with Crippen molar-refractivity contribution in [3.63, 3.8) is 0 Å².